The van der Waals surface area contributed by atoms with Crippen molar-refractivity contribution in [1.82, 2.24) is 5.32 Å². The summed E-state index contributed by atoms with van der Waals surface area (Å²) in [4.78, 5) is 0. The number of nitrogens with one attached hydrogen (secondary N) is 1. The topological polar surface area (TPSA) is 12.0 Å². The van der Waals surface area contributed by atoms with Crippen molar-refractivity contribution in [3.8, 4) is 0 Å². The summed E-state index contributed by atoms with van der Waals surface area (Å²) in [6.07, 6.45) is 18.0. The molecule has 0 amide bonds. The highest BCUT2D eigenvalue weighted by molar-refractivity contribution is 5.19. The molecule has 0 aromatic carbocycles. The van der Waals surface area contributed by atoms with Gasteiger partial charge in [-0.05, 0) is 43.6 Å². The van der Waals surface area contributed by atoms with Gasteiger partial charge in [-0.1, -0.05) is 36.5 Å². The van der Waals surface area contributed by atoms with Gasteiger partial charge in [0.25, 0.3) is 0 Å². The quantitative estimate of drug-likeness (QED) is 0.594. The van der Waals surface area contributed by atoms with E-state index >= 15 is 0 Å². The third-order valence-corrected chi connectivity index (χ3v) is 4.12. The molecule has 1 heterocycles. The van der Waals surface area contributed by atoms with Crippen LogP contribution in [-0.2, 0) is 0 Å². The van der Waals surface area contributed by atoms with Gasteiger partial charge in [-0.2, -0.15) is 0 Å². The zero-order valence-corrected chi connectivity index (χ0v) is 9.10. The molecule has 0 radical (unpaired) electrons. The van der Waals surface area contributed by atoms with Crippen molar-refractivity contribution in [3.05, 3.63) is 36.5 Å². The standard InChI is InChI=1S/C14H19N/c1-2-6-12-11(5-1)9-10-15-14-8-4-3-7-13(12)14/h1-2,4-6,8,11-15H,3,7,9-10H2. The molecule has 0 spiro atoms. The molecule has 1 N–H and O–H groups in total. The van der Waals surface area contributed by atoms with Gasteiger partial charge in [-0.25, -0.2) is 0 Å². The Morgan fingerprint density at radius 2 is 1.93 bits per heavy atom. The summed E-state index contributed by atoms with van der Waals surface area (Å²) < 4.78 is 0. The van der Waals surface area contributed by atoms with Gasteiger partial charge in [0.1, 0.15) is 0 Å². The summed E-state index contributed by atoms with van der Waals surface area (Å²) in [6, 6.07) is 0.630. The lowest BCUT2D eigenvalue weighted by Gasteiger charge is -2.34. The largest absolute Gasteiger partial charge is 0.310 e. The van der Waals surface area contributed by atoms with Gasteiger partial charge in [-0.15, -0.1) is 0 Å². The molecule has 2 aliphatic carbocycles. The van der Waals surface area contributed by atoms with Crippen LogP contribution in [0.1, 0.15) is 19.3 Å². The normalized spacial score (nSPS) is 43.2. The SMILES string of the molecule is C1=CC2CCNC3C=CCCC3C2C=C1. The van der Waals surface area contributed by atoms with Crippen LogP contribution in [0.4, 0.5) is 0 Å². The molecule has 0 bridgehead atoms. The van der Waals surface area contributed by atoms with Crippen LogP contribution in [0.5, 0.6) is 0 Å². The van der Waals surface area contributed by atoms with Gasteiger partial charge in [0, 0.05) is 6.04 Å². The Balaban J connectivity index is 1.89. The lowest BCUT2D eigenvalue weighted by Crippen LogP contribution is -2.37. The molecule has 15 heavy (non-hydrogen) atoms. The molecule has 1 nitrogen and oxygen atoms in total. The molecule has 0 saturated carbocycles. The Kier molecular flexibility index (Phi) is 2.49. The van der Waals surface area contributed by atoms with Crippen molar-refractivity contribution in [1.29, 1.82) is 0 Å². The predicted octanol–water partition coefficient (Wildman–Crippen LogP) is 2.67. The van der Waals surface area contributed by atoms with Gasteiger partial charge >= 0.3 is 0 Å². The minimum Gasteiger partial charge on any atom is -0.310 e. The van der Waals surface area contributed by atoms with E-state index in [0.29, 0.717) is 6.04 Å². The minimum absolute atomic E-state index is 0.630. The molecule has 80 valence electrons. The first kappa shape index (κ1) is 9.41. The first-order valence-corrected chi connectivity index (χ1v) is 6.20. The average molecular weight is 201 g/mol. The Morgan fingerprint density at radius 3 is 2.93 bits per heavy atom. The van der Waals surface area contributed by atoms with Crippen LogP contribution in [-0.4, -0.2) is 12.6 Å². The van der Waals surface area contributed by atoms with Crippen LogP contribution in [0.15, 0.2) is 36.5 Å². The van der Waals surface area contributed by atoms with E-state index in [9.17, 15) is 0 Å². The first-order valence-electron chi connectivity index (χ1n) is 6.20. The summed E-state index contributed by atoms with van der Waals surface area (Å²) >= 11 is 0. The van der Waals surface area contributed by atoms with Crippen molar-refractivity contribution >= 4 is 0 Å². The van der Waals surface area contributed by atoms with E-state index in [1.807, 2.05) is 0 Å². The molecule has 0 aromatic rings. The van der Waals surface area contributed by atoms with E-state index < -0.39 is 0 Å². The second-order valence-electron chi connectivity index (χ2n) is 4.95. The fourth-order valence-electron chi connectivity index (χ4n) is 3.34. The Labute approximate surface area is 91.9 Å². The Hall–Kier alpha value is -0.820. The van der Waals surface area contributed by atoms with Crippen LogP contribution >= 0.6 is 0 Å². The minimum atomic E-state index is 0.630. The van der Waals surface area contributed by atoms with Crippen molar-refractivity contribution in [2.75, 3.05) is 6.54 Å². The maximum atomic E-state index is 3.69. The monoisotopic (exact) mass is 201 g/mol. The number of allylic oxidation sites excluding steroid dienone is 5. The van der Waals surface area contributed by atoms with Crippen LogP contribution in [0, 0.1) is 17.8 Å². The highest BCUT2D eigenvalue weighted by Crippen LogP contribution is 2.37. The second kappa shape index (κ2) is 3.97. The number of hydrogen-bond acceptors (Lipinski definition) is 1. The van der Waals surface area contributed by atoms with Gasteiger partial charge < -0.3 is 5.32 Å². The Bertz CT molecular complexity index is 313. The van der Waals surface area contributed by atoms with Crippen LogP contribution in [0.25, 0.3) is 0 Å². The van der Waals surface area contributed by atoms with Crippen molar-refractivity contribution in [2.24, 2.45) is 17.8 Å². The molecule has 1 heteroatoms. The number of fused-ring (bicyclic) bond motifs is 3. The van der Waals surface area contributed by atoms with Crippen LogP contribution in [0.2, 0.25) is 0 Å². The predicted molar refractivity (Wildman–Crippen MR) is 63.5 cm³/mol. The third-order valence-electron chi connectivity index (χ3n) is 4.12. The van der Waals surface area contributed by atoms with Crippen molar-refractivity contribution < 1.29 is 0 Å². The van der Waals surface area contributed by atoms with Gasteiger partial charge in [0.2, 0.25) is 0 Å². The van der Waals surface area contributed by atoms with E-state index in [4.69, 9.17) is 0 Å². The van der Waals surface area contributed by atoms with E-state index in [0.717, 1.165) is 17.8 Å². The molecule has 1 saturated heterocycles. The van der Waals surface area contributed by atoms with E-state index in [1.165, 1.54) is 25.8 Å². The highest BCUT2D eigenvalue weighted by Gasteiger charge is 2.34. The molecular weight excluding hydrogens is 182 g/mol. The van der Waals surface area contributed by atoms with Crippen LogP contribution in [0.3, 0.4) is 0 Å². The van der Waals surface area contributed by atoms with E-state index in [1.54, 1.807) is 0 Å². The number of rotatable bonds is 0. The van der Waals surface area contributed by atoms with E-state index in [2.05, 4.69) is 41.8 Å². The third kappa shape index (κ3) is 1.69. The summed E-state index contributed by atoms with van der Waals surface area (Å²) in [5, 5.41) is 3.69. The van der Waals surface area contributed by atoms with Gasteiger partial charge in [0.15, 0.2) is 0 Å². The maximum Gasteiger partial charge on any atom is 0.0284 e. The average Bonchev–Trinajstić information content (AvgIpc) is 2.48. The van der Waals surface area contributed by atoms with Gasteiger partial charge in [0.05, 0.1) is 0 Å². The van der Waals surface area contributed by atoms with Crippen LogP contribution < -0.4 is 5.32 Å². The molecule has 1 aliphatic heterocycles. The Morgan fingerprint density at radius 1 is 1.00 bits per heavy atom. The lowest BCUT2D eigenvalue weighted by molar-refractivity contribution is 0.279. The summed E-state index contributed by atoms with van der Waals surface area (Å²) in [5.74, 6) is 2.38. The molecule has 1 fully saturated rings. The smallest absolute Gasteiger partial charge is 0.0284 e. The fraction of sp³-hybridized carbons (Fsp3) is 0.571. The van der Waals surface area contributed by atoms with Gasteiger partial charge in [-0.3, -0.25) is 0 Å². The molecule has 3 aliphatic rings. The zero-order valence-electron chi connectivity index (χ0n) is 9.10. The molecule has 4 atom stereocenters. The van der Waals surface area contributed by atoms with E-state index in [-0.39, 0.29) is 0 Å². The maximum absolute atomic E-state index is 3.69. The first-order chi connectivity index (χ1) is 7.45. The lowest BCUT2D eigenvalue weighted by atomic mass is 9.72. The second-order valence-corrected chi connectivity index (χ2v) is 4.95. The fourth-order valence-corrected chi connectivity index (χ4v) is 3.34. The molecule has 0 aromatic heterocycles. The molecular formula is C14H19N. The summed E-state index contributed by atoms with van der Waals surface area (Å²) in [6.45, 7) is 1.17. The summed E-state index contributed by atoms with van der Waals surface area (Å²) in [5.41, 5.74) is 0. The summed E-state index contributed by atoms with van der Waals surface area (Å²) in [7, 11) is 0. The van der Waals surface area contributed by atoms with Crippen molar-refractivity contribution in [2.45, 2.75) is 25.3 Å². The van der Waals surface area contributed by atoms with Crippen molar-refractivity contribution in [3.63, 3.8) is 0 Å². The highest BCUT2D eigenvalue weighted by atomic mass is 14.9. The zero-order chi connectivity index (χ0) is 10.1. The molecule has 4 unspecified atom stereocenters. The molecule has 3 rings (SSSR count). The number of hydrogen-bond donors (Lipinski definition) is 1.